The number of hydrogen-bond donors (Lipinski definition) is 0. The minimum atomic E-state index is -0.215. The molecule has 4 nitrogen and oxygen atoms in total. The first kappa shape index (κ1) is 4.55. The van der Waals surface area contributed by atoms with Crippen LogP contribution in [-0.4, -0.2) is 23.9 Å². The van der Waals surface area contributed by atoms with E-state index in [1.54, 1.807) is 4.90 Å². The van der Waals surface area contributed by atoms with Gasteiger partial charge in [-0.3, -0.25) is 9.69 Å². The second kappa shape index (κ2) is 1.34. The summed E-state index contributed by atoms with van der Waals surface area (Å²) in [5, 5.41) is 0. The lowest BCUT2D eigenvalue weighted by Crippen LogP contribution is -2.14. The van der Waals surface area contributed by atoms with Gasteiger partial charge in [-0.1, -0.05) is 0 Å². The van der Waals surface area contributed by atoms with Crippen molar-refractivity contribution in [3.8, 4) is 0 Å². The number of amides is 1. The summed E-state index contributed by atoms with van der Waals surface area (Å²) in [5.41, 5.74) is 0.537. The Kier molecular flexibility index (Phi) is 0.677. The number of rotatable bonds is 0. The zero-order chi connectivity index (χ0) is 6.27. The molecule has 0 aliphatic carbocycles. The van der Waals surface area contributed by atoms with Crippen LogP contribution in [-0.2, 0) is 9.53 Å². The Morgan fingerprint density at radius 1 is 1.78 bits per heavy atom. The summed E-state index contributed by atoms with van der Waals surface area (Å²) in [4.78, 5) is 15.9. The Morgan fingerprint density at radius 3 is 3.44 bits per heavy atom. The summed E-state index contributed by atoms with van der Waals surface area (Å²) in [7, 11) is 0. The van der Waals surface area contributed by atoms with Crippen LogP contribution < -0.4 is 0 Å². The highest BCUT2D eigenvalue weighted by Crippen LogP contribution is 2.15. The Morgan fingerprint density at radius 2 is 2.67 bits per heavy atom. The van der Waals surface area contributed by atoms with E-state index in [-0.39, 0.29) is 5.91 Å². The maximum atomic E-state index is 10.7. The predicted octanol–water partition coefficient (Wildman–Crippen LogP) is -0.314. The van der Waals surface area contributed by atoms with E-state index in [9.17, 15) is 4.79 Å². The first-order valence-corrected chi connectivity index (χ1v) is 2.55. The van der Waals surface area contributed by atoms with Crippen LogP contribution in [0, 0.1) is 0 Å². The van der Waals surface area contributed by atoms with Gasteiger partial charge in [0.15, 0.2) is 6.73 Å². The van der Waals surface area contributed by atoms with Crippen molar-refractivity contribution in [2.24, 2.45) is 4.99 Å². The van der Waals surface area contributed by atoms with Crippen LogP contribution in [0.1, 0.15) is 0 Å². The molecule has 0 spiro atoms. The van der Waals surface area contributed by atoms with E-state index >= 15 is 0 Å². The molecule has 0 aromatic carbocycles. The summed E-state index contributed by atoms with van der Waals surface area (Å²) in [6.45, 7) is 0.421. The zero-order valence-electron chi connectivity index (χ0n) is 4.57. The molecule has 2 aliphatic rings. The Balaban J connectivity index is 2.40. The van der Waals surface area contributed by atoms with Crippen molar-refractivity contribution < 1.29 is 9.53 Å². The van der Waals surface area contributed by atoms with Crippen LogP contribution in [0.15, 0.2) is 17.0 Å². The smallest absolute Gasteiger partial charge is 0.298 e. The molecule has 0 unspecified atom stereocenters. The molecule has 4 heteroatoms. The SMILES string of the molecule is O=C1N=CN2COC=C12. The van der Waals surface area contributed by atoms with Gasteiger partial charge in [0.05, 0.1) is 0 Å². The van der Waals surface area contributed by atoms with Gasteiger partial charge in [0.25, 0.3) is 5.91 Å². The molecule has 0 N–H and O–H groups in total. The lowest BCUT2D eigenvalue weighted by atomic mass is 10.5. The van der Waals surface area contributed by atoms with Crippen LogP contribution >= 0.6 is 0 Å². The molecule has 2 heterocycles. The minimum Gasteiger partial charge on any atom is -0.478 e. The van der Waals surface area contributed by atoms with Crippen molar-refractivity contribution in [2.45, 2.75) is 0 Å². The zero-order valence-corrected chi connectivity index (χ0v) is 4.57. The molecule has 0 fully saturated rings. The van der Waals surface area contributed by atoms with E-state index in [0.717, 1.165) is 0 Å². The van der Waals surface area contributed by atoms with Gasteiger partial charge < -0.3 is 4.74 Å². The Hall–Kier alpha value is -1.32. The Bertz CT molecular complexity index is 219. The normalized spacial score (nSPS) is 22.0. The summed E-state index contributed by atoms with van der Waals surface area (Å²) >= 11 is 0. The first-order valence-electron chi connectivity index (χ1n) is 2.55. The van der Waals surface area contributed by atoms with Crippen molar-refractivity contribution in [3.05, 3.63) is 12.0 Å². The van der Waals surface area contributed by atoms with Gasteiger partial charge in [0, 0.05) is 0 Å². The van der Waals surface area contributed by atoms with Crippen LogP contribution in [0.2, 0.25) is 0 Å². The molecular weight excluding hydrogens is 120 g/mol. The first-order chi connectivity index (χ1) is 4.38. The van der Waals surface area contributed by atoms with E-state index < -0.39 is 0 Å². The molecule has 0 bridgehead atoms. The second-order valence-corrected chi connectivity index (χ2v) is 1.82. The van der Waals surface area contributed by atoms with E-state index in [4.69, 9.17) is 4.74 Å². The maximum absolute atomic E-state index is 10.7. The van der Waals surface area contributed by atoms with Crippen molar-refractivity contribution >= 4 is 12.2 Å². The van der Waals surface area contributed by atoms with Crippen LogP contribution in [0.25, 0.3) is 0 Å². The number of fused-ring (bicyclic) bond motifs is 1. The van der Waals surface area contributed by atoms with Gasteiger partial charge in [-0.2, -0.15) is 4.99 Å². The van der Waals surface area contributed by atoms with Crippen LogP contribution in [0.3, 0.4) is 0 Å². The van der Waals surface area contributed by atoms with Crippen molar-refractivity contribution in [1.29, 1.82) is 0 Å². The lowest BCUT2D eigenvalue weighted by molar-refractivity contribution is -0.114. The third-order valence-electron chi connectivity index (χ3n) is 1.25. The van der Waals surface area contributed by atoms with Crippen molar-refractivity contribution in [2.75, 3.05) is 6.73 Å². The van der Waals surface area contributed by atoms with E-state index in [1.807, 2.05) is 0 Å². The topological polar surface area (TPSA) is 41.9 Å². The average Bonchev–Trinajstić information content (AvgIpc) is 2.35. The molecule has 2 aliphatic heterocycles. The molecule has 9 heavy (non-hydrogen) atoms. The number of hydrogen-bond acceptors (Lipinski definition) is 3. The number of nitrogens with zero attached hydrogens (tertiary/aromatic N) is 2. The summed E-state index contributed by atoms with van der Waals surface area (Å²) in [5.74, 6) is -0.215. The molecule has 0 aromatic rings. The number of carbonyl (C=O) groups excluding carboxylic acids is 1. The molecule has 0 aromatic heterocycles. The van der Waals surface area contributed by atoms with Gasteiger partial charge in [0.1, 0.15) is 18.3 Å². The Labute approximate surface area is 51.4 Å². The van der Waals surface area contributed by atoms with Gasteiger partial charge >= 0.3 is 0 Å². The van der Waals surface area contributed by atoms with Gasteiger partial charge in [0.2, 0.25) is 0 Å². The predicted molar refractivity (Wildman–Crippen MR) is 29.4 cm³/mol. The molecular formula is C5H4N2O2. The highest BCUT2D eigenvalue weighted by molar-refractivity contribution is 6.04. The lowest BCUT2D eigenvalue weighted by Gasteiger charge is -2.02. The molecule has 46 valence electrons. The maximum Gasteiger partial charge on any atom is 0.298 e. The minimum absolute atomic E-state index is 0.215. The largest absolute Gasteiger partial charge is 0.478 e. The number of ether oxygens (including phenoxy) is 1. The van der Waals surface area contributed by atoms with E-state index in [0.29, 0.717) is 12.4 Å². The summed E-state index contributed by atoms with van der Waals surface area (Å²) in [6.07, 6.45) is 2.90. The fourth-order valence-electron chi connectivity index (χ4n) is 0.791. The number of aliphatic imine (C=N–C) groups is 1. The molecule has 0 saturated heterocycles. The van der Waals surface area contributed by atoms with Crippen LogP contribution in [0.5, 0.6) is 0 Å². The highest BCUT2D eigenvalue weighted by Gasteiger charge is 2.25. The van der Waals surface area contributed by atoms with Crippen molar-refractivity contribution in [3.63, 3.8) is 0 Å². The second-order valence-electron chi connectivity index (χ2n) is 1.82. The molecule has 0 atom stereocenters. The van der Waals surface area contributed by atoms with Gasteiger partial charge in [-0.25, -0.2) is 0 Å². The molecule has 0 radical (unpaired) electrons. The van der Waals surface area contributed by atoms with Crippen molar-refractivity contribution in [1.82, 2.24) is 4.90 Å². The fraction of sp³-hybridized carbons (Fsp3) is 0.200. The third kappa shape index (κ3) is 0.468. The number of carbonyl (C=O) groups is 1. The quantitative estimate of drug-likeness (QED) is 0.444. The average molecular weight is 124 g/mol. The third-order valence-corrected chi connectivity index (χ3v) is 1.25. The van der Waals surface area contributed by atoms with Gasteiger partial charge in [-0.05, 0) is 0 Å². The highest BCUT2D eigenvalue weighted by atomic mass is 16.5. The fourth-order valence-corrected chi connectivity index (χ4v) is 0.791. The standard InChI is InChI=1S/C5H4N2O2/c8-5-4-1-9-3-7(4)2-6-5/h1-2H,3H2. The molecule has 1 amide bonds. The monoisotopic (exact) mass is 124 g/mol. The van der Waals surface area contributed by atoms with Gasteiger partial charge in [-0.15, -0.1) is 0 Å². The van der Waals surface area contributed by atoms with Crippen LogP contribution in [0.4, 0.5) is 0 Å². The van der Waals surface area contributed by atoms with E-state index in [1.165, 1.54) is 12.6 Å². The summed E-state index contributed by atoms with van der Waals surface area (Å²) in [6, 6.07) is 0. The van der Waals surface area contributed by atoms with E-state index in [2.05, 4.69) is 4.99 Å². The summed E-state index contributed by atoms with van der Waals surface area (Å²) < 4.78 is 4.83. The molecule has 0 saturated carbocycles. The molecule has 2 rings (SSSR count).